The van der Waals surface area contributed by atoms with E-state index in [1.807, 2.05) is 44.2 Å². The van der Waals surface area contributed by atoms with Gasteiger partial charge < -0.3 is 39.8 Å². The zero-order valence-electron chi connectivity index (χ0n) is 27.4. The van der Waals surface area contributed by atoms with Crippen LogP contribution in [0.15, 0.2) is 36.4 Å². The number of ether oxygens (including phenoxy) is 5. The van der Waals surface area contributed by atoms with Crippen LogP contribution in [0.5, 0.6) is 23.0 Å². The van der Waals surface area contributed by atoms with Gasteiger partial charge in [0.1, 0.15) is 11.5 Å². The summed E-state index contributed by atoms with van der Waals surface area (Å²) in [7, 11) is 6.50. The van der Waals surface area contributed by atoms with Crippen LogP contribution in [0, 0.1) is 23.7 Å². The number of aliphatic hydroxyl groups excluding tert-OH is 1. The van der Waals surface area contributed by atoms with Crippen molar-refractivity contribution in [3.05, 3.63) is 47.5 Å². The van der Waals surface area contributed by atoms with E-state index >= 15 is 0 Å². The van der Waals surface area contributed by atoms with Gasteiger partial charge in [-0.25, -0.2) is 0 Å². The van der Waals surface area contributed by atoms with Crippen molar-refractivity contribution in [3.63, 3.8) is 0 Å². The molecule has 0 aromatic heterocycles. The second-order valence-electron chi connectivity index (χ2n) is 11.8. The van der Waals surface area contributed by atoms with Gasteiger partial charge in [-0.3, -0.25) is 4.79 Å². The zero-order valence-corrected chi connectivity index (χ0v) is 27.4. The van der Waals surface area contributed by atoms with Crippen molar-refractivity contribution in [2.24, 2.45) is 29.4 Å². The minimum absolute atomic E-state index is 0.0246. The fraction of sp³-hybridized carbons (Fsp3) is 0.618. The SMILES string of the molecule is COCCCOc1cc(CC(C[C@H](N)[C@@H](O)CC(C(=O)NCc2cc(OC)ccc2OC)C(C)C)C(C)C)ccc1OC. The molecule has 2 aromatic carbocycles. The van der Waals surface area contributed by atoms with Crippen molar-refractivity contribution in [1.82, 2.24) is 5.32 Å². The maximum absolute atomic E-state index is 13.3. The third kappa shape index (κ3) is 11.5. The highest BCUT2D eigenvalue weighted by molar-refractivity contribution is 5.79. The number of carbonyl (C=O) groups excluding carboxylic acids is 1. The van der Waals surface area contributed by atoms with Gasteiger partial charge in [-0.2, -0.15) is 0 Å². The summed E-state index contributed by atoms with van der Waals surface area (Å²) < 4.78 is 27.3. The smallest absolute Gasteiger partial charge is 0.223 e. The molecule has 0 aliphatic carbocycles. The molecule has 1 amide bonds. The lowest BCUT2D eigenvalue weighted by Gasteiger charge is -2.30. The van der Waals surface area contributed by atoms with Gasteiger partial charge in [0, 0.05) is 44.2 Å². The number of hydrogen-bond donors (Lipinski definition) is 3. The predicted octanol–water partition coefficient (Wildman–Crippen LogP) is 5.00. The van der Waals surface area contributed by atoms with Crippen LogP contribution in [0.4, 0.5) is 0 Å². The minimum atomic E-state index is -0.818. The molecule has 0 bridgehead atoms. The maximum atomic E-state index is 13.3. The summed E-state index contributed by atoms with van der Waals surface area (Å²) >= 11 is 0. The Hall–Kier alpha value is -3.01. The van der Waals surface area contributed by atoms with E-state index in [2.05, 4.69) is 25.2 Å². The van der Waals surface area contributed by atoms with Crippen molar-refractivity contribution in [3.8, 4) is 23.0 Å². The number of amides is 1. The number of methoxy groups -OCH3 is 4. The molecule has 0 radical (unpaired) electrons. The van der Waals surface area contributed by atoms with Crippen LogP contribution < -0.4 is 30.0 Å². The van der Waals surface area contributed by atoms with Gasteiger partial charge in [0.2, 0.25) is 5.91 Å². The summed E-state index contributed by atoms with van der Waals surface area (Å²) in [5, 5.41) is 14.2. The van der Waals surface area contributed by atoms with Crippen molar-refractivity contribution >= 4 is 5.91 Å². The van der Waals surface area contributed by atoms with Crippen LogP contribution in [0.1, 0.15) is 58.1 Å². The van der Waals surface area contributed by atoms with E-state index in [0.717, 1.165) is 24.0 Å². The first kappa shape index (κ1) is 36.2. The predicted molar refractivity (Wildman–Crippen MR) is 170 cm³/mol. The van der Waals surface area contributed by atoms with E-state index < -0.39 is 18.1 Å². The molecule has 43 heavy (non-hydrogen) atoms. The van der Waals surface area contributed by atoms with E-state index in [4.69, 9.17) is 29.4 Å². The molecule has 9 nitrogen and oxygen atoms in total. The number of hydrogen-bond acceptors (Lipinski definition) is 8. The van der Waals surface area contributed by atoms with Crippen LogP contribution in [0.2, 0.25) is 0 Å². The average Bonchev–Trinajstić information content (AvgIpc) is 2.99. The molecule has 242 valence electrons. The van der Waals surface area contributed by atoms with E-state index in [9.17, 15) is 9.90 Å². The van der Waals surface area contributed by atoms with E-state index in [-0.39, 0.29) is 24.2 Å². The molecule has 4 N–H and O–H groups in total. The van der Waals surface area contributed by atoms with Crippen LogP contribution in [-0.4, -0.2) is 64.8 Å². The molecular weight excluding hydrogens is 548 g/mol. The molecule has 0 aliphatic rings. The Bertz CT molecular complexity index is 1110. The summed E-state index contributed by atoms with van der Waals surface area (Å²) in [5.74, 6) is 2.84. The van der Waals surface area contributed by atoms with Gasteiger partial charge in [0.15, 0.2) is 11.5 Å². The molecule has 0 aliphatic heterocycles. The first-order chi connectivity index (χ1) is 20.5. The average molecular weight is 603 g/mol. The molecular formula is C34H54N2O7. The van der Waals surface area contributed by atoms with Gasteiger partial charge >= 0.3 is 0 Å². The van der Waals surface area contributed by atoms with E-state index in [1.54, 1.807) is 28.4 Å². The number of benzene rings is 2. The van der Waals surface area contributed by atoms with Crippen LogP contribution in [0.25, 0.3) is 0 Å². The highest BCUT2D eigenvalue weighted by Gasteiger charge is 2.30. The van der Waals surface area contributed by atoms with Gasteiger partial charge in [0.25, 0.3) is 0 Å². The molecule has 0 saturated carbocycles. The molecule has 0 fully saturated rings. The van der Waals surface area contributed by atoms with Gasteiger partial charge in [0.05, 0.1) is 34.0 Å². The molecule has 9 heteroatoms. The summed E-state index contributed by atoms with van der Waals surface area (Å²) in [6.45, 7) is 9.79. The van der Waals surface area contributed by atoms with Crippen molar-refractivity contribution < 1.29 is 33.6 Å². The maximum Gasteiger partial charge on any atom is 0.223 e. The summed E-state index contributed by atoms with van der Waals surface area (Å²) in [6.07, 6.45) is 1.67. The molecule has 2 unspecified atom stereocenters. The molecule has 0 spiro atoms. The third-order valence-corrected chi connectivity index (χ3v) is 8.07. The van der Waals surface area contributed by atoms with E-state index in [0.29, 0.717) is 55.1 Å². The monoisotopic (exact) mass is 602 g/mol. The Labute approximate surface area is 258 Å². The summed E-state index contributed by atoms with van der Waals surface area (Å²) in [4.78, 5) is 13.3. The van der Waals surface area contributed by atoms with Gasteiger partial charge in [-0.05, 0) is 72.9 Å². The van der Waals surface area contributed by atoms with Crippen molar-refractivity contribution in [1.29, 1.82) is 0 Å². The highest BCUT2D eigenvalue weighted by atomic mass is 16.5. The number of rotatable bonds is 20. The van der Waals surface area contributed by atoms with Gasteiger partial charge in [-0.1, -0.05) is 33.8 Å². The lowest BCUT2D eigenvalue weighted by molar-refractivity contribution is -0.127. The summed E-state index contributed by atoms with van der Waals surface area (Å²) in [5.41, 5.74) is 8.53. The first-order valence-corrected chi connectivity index (χ1v) is 15.2. The lowest BCUT2D eigenvalue weighted by atomic mass is 9.81. The fourth-order valence-corrected chi connectivity index (χ4v) is 5.20. The van der Waals surface area contributed by atoms with E-state index in [1.165, 1.54) is 0 Å². The number of nitrogens with two attached hydrogens (primary N) is 1. The van der Waals surface area contributed by atoms with Crippen LogP contribution in [-0.2, 0) is 22.5 Å². The van der Waals surface area contributed by atoms with Crippen molar-refractivity contribution in [2.75, 3.05) is 41.7 Å². The standard InChI is InChI=1S/C34H54N2O7/c1-22(2)25(16-24-10-12-32(42-8)33(17-24)43-15-9-14-39-5)19-29(35)30(37)20-28(23(3)4)34(38)36-21-26-18-27(40-6)11-13-31(26)41-7/h10-13,17-18,22-23,25,28-30,37H,9,14-16,19-21,35H2,1-8H3,(H,36,38)/t25?,28?,29-,30-/m0/s1. The molecule has 0 heterocycles. The fourth-order valence-electron chi connectivity index (χ4n) is 5.20. The normalized spacial score (nSPS) is 14.2. The Balaban J connectivity index is 2.04. The topological polar surface area (TPSA) is 122 Å². The first-order valence-electron chi connectivity index (χ1n) is 15.2. The third-order valence-electron chi connectivity index (χ3n) is 8.07. The second-order valence-corrected chi connectivity index (χ2v) is 11.8. The largest absolute Gasteiger partial charge is 0.497 e. The van der Waals surface area contributed by atoms with Crippen LogP contribution in [0.3, 0.4) is 0 Å². The van der Waals surface area contributed by atoms with Gasteiger partial charge in [-0.15, -0.1) is 0 Å². The van der Waals surface area contributed by atoms with Crippen LogP contribution >= 0.6 is 0 Å². The number of nitrogens with one attached hydrogen (secondary N) is 1. The Morgan fingerprint density at radius 2 is 1.56 bits per heavy atom. The quantitative estimate of drug-likeness (QED) is 0.181. The zero-order chi connectivity index (χ0) is 31.9. The Morgan fingerprint density at radius 1 is 0.860 bits per heavy atom. The summed E-state index contributed by atoms with van der Waals surface area (Å²) in [6, 6.07) is 11.0. The highest BCUT2D eigenvalue weighted by Crippen LogP contribution is 2.32. The Morgan fingerprint density at radius 3 is 2.16 bits per heavy atom. The molecule has 4 atom stereocenters. The Kier molecular flexibility index (Phi) is 15.7. The van der Waals surface area contributed by atoms with Crippen molar-refractivity contribution in [2.45, 2.75) is 72.1 Å². The minimum Gasteiger partial charge on any atom is -0.497 e. The molecule has 0 saturated heterocycles. The molecule has 2 rings (SSSR count). The number of carbonyl (C=O) groups is 1. The lowest BCUT2D eigenvalue weighted by Crippen LogP contribution is -2.42. The second kappa shape index (κ2) is 18.6. The molecule has 2 aromatic rings. The number of aliphatic hydroxyl groups is 1.